The van der Waals surface area contributed by atoms with E-state index in [1.165, 1.54) is 12.4 Å². The van der Waals surface area contributed by atoms with Crippen LogP contribution in [-0.4, -0.2) is 26.1 Å². The average molecular weight is 456 g/mol. The molecule has 1 aromatic carbocycles. The largest absolute Gasteiger partial charge is 0.416 e. The molecule has 2 heterocycles. The second-order valence-corrected chi connectivity index (χ2v) is 7.21. The van der Waals surface area contributed by atoms with Gasteiger partial charge in [0.2, 0.25) is 0 Å². The highest BCUT2D eigenvalue weighted by Gasteiger charge is 2.30. The predicted molar refractivity (Wildman–Crippen MR) is 99.7 cm³/mol. The molecule has 2 aromatic heterocycles. The molecule has 10 heteroatoms. The number of benzene rings is 1. The summed E-state index contributed by atoms with van der Waals surface area (Å²) in [6.45, 7) is 3.56. The summed E-state index contributed by atoms with van der Waals surface area (Å²) in [7, 11) is 0. The van der Waals surface area contributed by atoms with E-state index in [1.54, 1.807) is 20.0 Å². The summed E-state index contributed by atoms with van der Waals surface area (Å²) in [5.41, 5.74) is 1.92. The van der Waals surface area contributed by atoms with E-state index in [9.17, 15) is 18.0 Å². The minimum Gasteiger partial charge on any atom is -0.357 e. The van der Waals surface area contributed by atoms with Crippen LogP contribution in [0, 0.1) is 6.92 Å². The van der Waals surface area contributed by atoms with Crippen LogP contribution in [0.5, 0.6) is 0 Å². The van der Waals surface area contributed by atoms with Crippen molar-refractivity contribution < 1.29 is 18.0 Å². The molecule has 0 saturated heterocycles. The number of nitrogens with zero attached hydrogens (tertiary/aromatic N) is 2. The van der Waals surface area contributed by atoms with Crippen LogP contribution in [0.4, 0.5) is 13.2 Å². The lowest BCUT2D eigenvalue weighted by molar-refractivity contribution is -0.137. The molecule has 0 bridgehead atoms. The molecule has 1 amide bonds. The number of alkyl halides is 3. The summed E-state index contributed by atoms with van der Waals surface area (Å²) >= 11 is 3.21. The Morgan fingerprint density at radius 3 is 2.68 bits per heavy atom. The van der Waals surface area contributed by atoms with Crippen LogP contribution in [-0.2, 0) is 12.6 Å². The molecule has 3 rings (SSSR count). The normalized spacial score (nSPS) is 12.8. The van der Waals surface area contributed by atoms with Gasteiger partial charge >= 0.3 is 6.18 Å². The third-order valence-electron chi connectivity index (χ3n) is 4.43. The zero-order valence-corrected chi connectivity index (χ0v) is 16.6. The Kier molecular flexibility index (Phi) is 5.59. The maximum absolute atomic E-state index is 12.8. The van der Waals surface area contributed by atoms with E-state index < -0.39 is 11.7 Å². The highest BCUT2D eigenvalue weighted by molar-refractivity contribution is 9.10. The quantitative estimate of drug-likeness (QED) is 0.535. The van der Waals surface area contributed by atoms with Gasteiger partial charge in [0.05, 0.1) is 11.6 Å². The smallest absolute Gasteiger partial charge is 0.357 e. The van der Waals surface area contributed by atoms with Crippen LogP contribution in [0.2, 0.25) is 0 Å². The summed E-state index contributed by atoms with van der Waals surface area (Å²) < 4.78 is 38.8. The summed E-state index contributed by atoms with van der Waals surface area (Å²) in [5, 5.41) is 9.26. The Morgan fingerprint density at radius 1 is 1.32 bits per heavy atom. The first-order valence-electron chi connectivity index (χ1n) is 8.35. The monoisotopic (exact) mass is 455 g/mol. The Bertz CT molecular complexity index is 982. The van der Waals surface area contributed by atoms with E-state index in [2.05, 4.69) is 41.4 Å². The van der Waals surface area contributed by atoms with Crippen molar-refractivity contribution in [3.05, 3.63) is 69.0 Å². The average Bonchev–Trinajstić information content (AvgIpc) is 3.26. The second-order valence-electron chi connectivity index (χ2n) is 6.36. The summed E-state index contributed by atoms with van der Waals surface area (Å²) in [5.74, 6) is 0.227. The zero-order chi connectivity index (χ0) is 20.5. The molecule has 1 unspecified atom stereocenters. The molecule has 6 nitrogen and oxygen atoms in total. The number of aromatic nitrogens is 4. The van der Waals surface area contributed by atoms with Gasteiger partial charge in [-0.1, -0.05) is 22.0 Å². The lowest BCUT2D eigenvalue weighted by atomic mass is 10.0. The SMILES string of the molecule is Cc1c(Cc2ccc(C(F)(F)F)cc2Br)c[nH]c1C(=O)NC(C)c1ncn[nH]1. The molecule has 3 aromatic rings. The van der Waals surface area contributed by atoms with Crippen LogP contribution in [0.15, 0.2) is 35.2 Å². The number of halogens is 4. The highest BCUT2D eigenvalue weighted by Crippen LogP contribution is 2.33. The van der Waals surface area contributed by atoms with Gasteiger partial charge in [0.1, 0.15) is 17.8 Å². The van der Waals surface area contributed by atoms with Crippen molar-refractivity contribution in [3.8, 4) is 0 Å². The van der Waals surface area contributed by atoms with Gasteiger partial charge in [-0.2, -0.15) is 18.3 Å². The van der Waals surface area contributed by atoms with Gasteiger partial charge in [0.15, 0.2) is 0 Å². The molecule has 0 radical (unpaired) electrons. The molecule has 0 saturated carbocycles. The second kappa shape index (κ2) is 7.78. The third-order valence-corrected chi connectivity index (χ3v) is 5.17. The molecule has 148 valence electrons. The van der Waals surface area contributed by atoms with Gasteiger partial charge in [0, 0.05) is 17.1 Å². The van der Waals surface area contributed by atoms with E-state index in [-0.39, 0.29) is 11.9 Å². The van der Waals surface area contributed by atoms with E-state index >= 15 is 0 Å². The predicted octanol–water partition coefficient (Wildman–Crippen LogP) is 4.30. The van der Waals surface area contributed by atoms with Crippen molar-refractivity contribution in [1.82, 2.24) is 25.5 Å². The first kappa shape index (κ1) is 20.1. The first-order valence-corrected chi connectivity index (χ1v) is 9.14. The number of hydrogen-bond acceptors (Lipinski definition) is 3. The van der Waals surface area contributed by atoms with Crippen LogP contribution in [0.3, 0.4) is 0 Å². The fraction of sp³-hybridized carbons (Fsp3) is 0.278. The summed E-state index contributed by atoms with van der Waals surface area (Å²) in [6.07, 6.45) is -0.964. The highest BCUT2D eigenvalue weighted by atomic mass is 79.9. The first-order chi connectivity index (χ1) is 13.2. The summed E-state index contributed by atoms with van der Waals surface area (Å²) in [6, 6.07) is 3.19. The van der Waals surface area contributed by atoms with Crippen molar-refractivity contribution >= 4 is 21.8 Å². The van der Waals surface area contributed by atoms with Gasteiger partial charge in [-0.25, -0.2) is 4.98 Å². The Balaban J connectivity index is 1.75. The van der Waals surface area contributed by atoms with Gasteiger partial charge in [-0.05, 0) is 42.7 Å². The van der Waals surface area contributed by atoms with Crippen LogP contribution >= 0.6 is 15.9 Å². The summed E-state index contributed by atoms with van der Waals surface area (Å²) in [4.78, 5) is 19.5. The topological polar surface area (TPSA) is 86.5 Å². The van der Waals surface area contributed by atoms with Crippen LogP contribution in [0.25, 0.3) is 0 Å². The minimum atomic E-state index is -4.39. The number of H-pyrrole nitrogens is 2. The van der Waals surface area contributed by atoms with Crippen molar-refractivity contribution in [3.63, 3.8) is 0 Å². The molecule has 0 fully saturated rings. The number of carbonyl (C=O) groups is 1. The minimum absolute atomic E-state index is 0.306. The van der Waals surface area contributed by atoms with Gasteiger partial charge in [-0.15, -0.1) is 0 Å². The molecular formula is C18H17BrF3N5O. The van der Waals surface area contributed by atoms with Crippen LogP contribution in [0.1, 0.15) is 51.5 Å². The molecule has 0 aliphatic rings. The number of carbonyl (C=O) groups excluding carboxylic acids is 1. The standard InChI is InChI=1S/C18H17BrF3N5O/c1-9-12(5-11-3-4-13(6-14(11)19)18(20,21)22)7-23-15(9)17(28)26-10(2)16-24-8-25-27-16/h3-4,6-8,10,23H,5H2,1-2H3,(H,26,28)(H,24,25,27). The Hall–Kier alpha value is -2.62. The lowest BCUT2D eigenvalue weighted by Gasteiger charge is -2.11. The third kappa shape index (κ3) is 4.27. The van der Waals surface area contributed by atoms with Gasteiger partial charge < -0.3 is 10.3 Å². The molecule has 1 atom stereocenters. The number of rotatable bonds is 5. The van der Waals surface area contributed by atoms with Crippen molar-refractivity contribution in [2.24, 2.45) is 0 Å². The van der Waals surface area contributed by atoms with E-state index in [1.807, 2.05) is 0 Å². The van der Waals surface area contributed by atoms with E-state index in [4.69, 9.17) is 0 Å². The van der Waals surface area contributed by atoms with Crippen molar-refractivity contribution in [2.45, 2.75) is 32.5 Å². The van der Waals surface area contributed by atoms with Crippen molar-refractivity contribution in [1.29, 1.82) is 0 Å². The number of nitrogens with one attached hydrogen (secondary N) is 3. The fourth-order valence-electron chi connectivity index (χ4n) is 2.79. The number of amides is 1. The van der Waals surface area contributed by atoms with E-state index in [0.29, 0.717) is 28.0 Å². The van der Waals surface area contributed by atoms with Gasteiger partial charge in [-0.3, -0.25) is 9.89 Å². The zero-order valence-electron chi connectivity index (χ0n) is 15.0. The Morgan fingerprint density at radius 2 is 2.07 bits per heavy atom. The van der Waals surface area contributed by atoms with E-state index in [0.717, 1.165) is 23.3 Å². The Labute approximate surface area is 167 Å². The molecule has 3 N–H and O–H groups in total. The molecule has 0 aliphatic heterocycles. The van der Waals surface area contributed by atoms with Gasteiger partial charge in [0.25, 0.3) is 5.91 Å². The molecule has 28 heavy (non-hydrogen) atoms. The molecular weight excluding hydrogens is 439 g/mol. The lowest BCUT2D eigenvalue weighted by Crippen LogP contribution is -2.28. The number of hydrogen-bond donors (Lipinski definition) is 3. The maximum atomic E-state index is 12.8. The maximum Gasteiger partial charge on any atom is 0.416 e. The number of aromatic amines is 2. The molecule has 0 aliphatic carbocycles. The van der Waals surface area contributed by atoms with Crippen LogP contribution < -0.4 is 5.32 Å². The fourth-order valence-corrected chi connectivity index (χ4v) is 3.31. The van der Waals surface area contributed by atoms with Crippen molar-refractivity contribution in [2.75, 3.05) is 0 Å². The molecule has 0 spiro atoms.